The minimum atomic E-state index is -0.968. The van der Waals surface area contributed by atoms with Crippen molar-refractivity contribution in [2.45, 2.75) is 26.2 Å². The summed E-state index contributed by atoms with van der Waals surface area (Å²) in [7, 11) is 4.34. The molecular weight excluding hydrogens is 492 g/mol. The number of benzene rings is 2. The first-order valence-electron chi connectivity index (χ1n) is 11.7. The third-order valence-electron chi connectivity index (χ3n) is 6.27. The predicted molar refractivity (Wildman–Crippen MR) is 142 cm³/mol. The monoisotopic (exact) mass is 520 g/mol. The van der Waals surface area contributed by atoms with Crippen molar-refractivity contribution in [3.63, 3.8) is 0 Å². The molecule has 1 amide bonds. The van der Waals surface area contributed by atoms with Crippen molar-refractivity contribution in [2.24, 2.45) is 0 Å². The summed E-state index contributed by atoms with van der Waals surface area (Å²) in [4.78, 5) is 40.9. The largest absolute Gasteiger partial charge is 0.507 e. The zero-order chi connectivity index (χ0) is 27.6. The Morgan fingerprint density at radius 3 is 2.39 bits per heavy atom. The molecule has 2 aromatic carbocycles. The van der Waals surface area contributed by atoms with Crippen LogP contribution in [0.25, 0.3) is 10.9 Å². The summed E-state index contributed by atoms with van der Waals surface area (Å²) in [5.74, 6) is -0.626. The average Bonchev–Trinajstić information content (AvgIpc) is 2.86. The van der Waals surface area contributed by atoms with Gasteiger partial charge in [0.2, 0.25) is 17.2 Å². The highest BCUT2D eigenvalue weighted by Crippen LogP contribution is 2.46. The van der Waals surface area contributed by atoms with Gasteiger partial charge in [-0.3, -0.25) is 9.59 Å². The smallest absolute Gasteiger partial charge is 0.343 e. The average molecular weight is 521 g/mol. The fourth-order valence-corrected chi connectivity index (χ4v) is 4.60. The van der Waals surface area contributed by atoms with Crippen LogP contribution in [-0.2, 0) is 4.79 Å². The Bertz CT molecular complexity index is 1640. The molecule has 10 nitrogen and oxygen atoms in total. The Morgan fingerprint density at radius 2 is 1.74 bits per heavy atom. The van der Waals surface area contributed by atoms with Crippen LogP contribution in [0.15, 0.2) is 56.5 Å². The van der Waals surface area contributed by atoms with Gasteiger partial charge in [-0.05, 0) is 37.6 Å². The SMILES string of the molecule is COc1ccc([C@@H](CC(=O)Nc2ccc3c(C)cc(=O)[nH]c3c2)c2c(O)cc(C)oc2=O)c(OC)c1OC. The minimum absolute atomic E-state index is 0.102. The van der Waals surface area contributed by atoms with Crippen LogP contribution in [0.5, 0.6) is 23.0 Å². The minimum Gasteiger partial charge on any atom is -0.507 e. The highest BCUT2D eigenvalue weighted by atomic mass is 16.5. The van der Waals surface area contributed by atoms with Gasteiger partial charge in [-0.15, -0.1) is 0 Å². The van der Waals surface area contributed by atoms with Gasteiger partial charge < -0.3 is 34.0 Å². The number of nitrogens with one attached hydrogen (secondary N) is 2. The summed E-state index contributed by atoms with van der Waals surface area (Å²) in [6.07, 6.45) is -0.254. The summed E-state index contributed by atoms with van der Waals surface area (Å²) < 4.78 is 21.7. The standard InChI is InChI=1S/C28H28N2O8/c1-14-10-23(32)30-20-12-16(6-7-17(14)20)29-24(33)13-19(25-21(31)11-15(2)38-28(25)34)18-8-9-22(35-3)27(37-5)26(18)36-4/h6-12,19,31H,13H2,1-5H3,(H,29,33)(H,30,32)/t19-/m1/s1. The topological polar surface area (TPSA) is 140 Å². The number of hydrogen-bond donors (Lipinski definition) is 3. The van der Waals surface area contributed by atoms with Crippen molar-refractivity contribution in [1.82, 2.24) is 4.98 Å². The zero-order valence-corrected chi connectivity index (χ0v) is 21.6. The number of fused-ring (bicyclic) bond motifs is 1. The Kier molecular flexibility index (Phi) is 7.43. The second-order valence-corrected chi connectivity index (χ2v) is 8.75. The molecule has 0 aliphatic heterocycles. The van der Waals surface area contributed by atoms with E-state index < -0.39 is 17.5 Å². The fourth-order valence-electron chi connectivity index (χ4n) is 4.60. The molecule has 0 aliphatic rings. The summed E-state index contributed by atoms with van der Waals surface area (Å²) in [5, 5.41) is 14.4. The molecule has 4 rings (SSSR count). The van der Waals surface area contributed by atoms with E-state index in [0.29, 0.717) is 22.5 Å². The van der Waals surface area contributed by atoms with Gasteiger partial charge in [-0.1, -0.05) is 12.1 Å². The quantitative estimate of drug-likeness (QED) is 0.317. The van der Waals surface area contributed by atoms with Gasteiger partial charge in [-0.25, -0.2) is 4.79 Å². The van der Waals surface area contributed by atoms with E-state index in [-0.39, 0.29) is 40.6 Å². The molecule has 2 aromatic heterocycles. The Balaban J connectivity index is 1.78. The summed E-state index contributed by atoms with van der Waals surface area (Å²) >= 11 is 0. The summed E-state index contributed by atoms with van der Waals surface area (Å²) in [6, 6.07) is 11.3. The molecular formula is C28H28N2O8. The highest BCUT2D eigenvalue weighted by Gasteiger charge is 2.30. The molecule has 0 radical (unpaired) electrons. The van der Waals surface area contributed by atoms with E-state index >= 15 is 0 Å². The number of carbonyl (C=O) groups is 1. The molecule has 4 aromatic rings. The van der Waals surface area contributed by atoms with E-state index in [1.165, 1.54) is 40.4 Å². The van der Waals surface area contributed by atoms with Crippen molar-refractivity contribution in [1.29, 1.82) is 0 Å². The highest BCUT2D eigenvalue weighted by molar-refractivity contribution is 5.94. The van der Waals surface area contributed by atoms with Gasteiger partial charge in [0.05, 0.1) is 32.4 Å². The number of ether oxygens (including phenoxy) is 3. The normalized spacial score (nSPS) is 11.7. The maximum absolute atomic E-state index is 13.3. The summed E-state index contributed by atoms with van der Waals surface area (Å²) in [6.45, 7) is 3.37. The molecule has 2 heterocycles. The van der Waals surface area contributed by atoms with E-state index in [0.717, 1.165) is 10.9 Å². The number of H-pyrrole nitrogens is 1. The van der Waals surface area contributed by atoms with Gasteiger partial charge in [-0.2, -0.15) is 0 Å². The summed E-state index contributed by atoms with van der Waals surface area (Å²) in [5.41, 5.74) is 1.10. The number of rotatable bonds is 8. The van der Waals surface area contributed by atoms with E-state index in [1.54, 1.807) is 30.3 Å². The van der Waals surface area contributed by atoms with Crippen LogP contribution < -0.4 is 30.7 Å². The molecule has 0 bridgehead atoms. The second kappa shape index (κ2) is 10.7. The molecule has 0 unspecified atom stereocenters. The molecule has 0 saturated carbocycles. The van der Waals surface area contributed by atoms with Crippen molar-refractivity contribution in [2.75, 3.05) is 26.6 Å². The van der Waals surface area contributed by atoms with E-state index in [9.17, 15) is 19.5 Å². The van der Waals surface area contributed by atoms with E-state index in [4.69, 9.17) is 18.6 Å². The molecule has 10 heteroatoms. The molecule has 38 heavy (non-hydrogen) atoms. The molecule has 3 N–H and O–H groups in total. The Labute approximate surface area is 217 Å². The maximum atomic E-state index is 13.3. The maximum Gasteiger partial charge on any atom is 0.343 e. The Hall–Kier alpha value is -4.73. The van der Waals surface area contributed by atoms with Crippen LogP contribution >= 0.6 is 0 Å². The van der Waals surface area contributed by atoms with Crippen molar-refractivity contribution in [3.05, 3.63) is 85.7 Å². The van der Waals surface area contributed by atoms with Gasteiger partial charge in [0.25, 0.3) is 0 Å². The molecule has 0 saturated heterocycles. The van der Waals surface area contributed by atoms with Crippen LogP contribution in [-0.4, -0.2) is 37.3 Å². The van der Waals surface area contributed by atoms with Crippen LogP contribution in [0.2, 0.25) is 0 Å². The van der Waals surface area contributed by atoms with Crippen LogP contribution in [0.3, 0.4) is 0 Å². The van der Waals surface area contributed by atoms with Gasteiger partial charge >= 0.3 is 5.63 Å². The number of anilines is 1. The first-order valence-corrected chi connectivity index (χ1v) is 11.7. The van der Waals surface area contributed by atoms with Crippen molar-refractivity contribution >= 4 is 22.5 Å². The number of carbonyl (C=O) groups excluding carboxylic acids is 1. The molecule has 0 spiro atoms. The van der Waals surface area contributed by atoms with E-state index in [2.05, 4.69) is 10.3 Å². The number of hydrogen-bond acceptors (Lipinski definition) is 8. The molecule has 0 aliphatic carbocycles. The Morgan fingerprint density at radius 1 is 1.00 bits per heavy atom. The molecule has 0 fully saturated rings. The molecule has 198 valence electrons. The van der Waals surface area contributed by atoms with Crippen molar-refractivity contribution < 1.29 is 28.5 Å². The lowest BCUT2D eigenvalue weighted by Crippen LogP contribution is -2.21. The lowest BCUT2D eigenvalue weighted by atomic mass is 9.87. The molecule has 1 atom stereocenters. The number of methoxy groups -OCH3 is 3. The van der Waals surface area contributed by atoms with E-state index in [1.807, 2.05) is 6.92 Å². The number of aromatic hydroxyl groups is 1. The number of pyridine rings is 1. The fraction of sp³-hybridized carbons (Fsp3) is 0.250. The number of aryl methyl sites for hydroxylation is 2. The first kappa shape index (κ1) is 26.3. The first-order chi connectivity index (χ1) is 18.2. The zero-order valence-electron chi connectivity index (χ0n) is 21.6. The second-order valence-electron chi connectivity index (χ2n) is 8.75. The third kappa shape index (κ3) is 5.06. The van der Waals surface area contributed by atoms with Gasteiger partial charge in [0.1, 0.15) is 11.5 Å². The van der Waals surface area contributed by atoms with Crippen LogP contribution in [0, 0.1) is 13.8 Å². The number of aromatic amines is 1. The number of aromatic nitrogens is 1. The van der Waals surface area contributed by atoms with Gasteiger partial charge in [0.15, 0.2) is 11.5 Å². The number of amides is 1. The van der Waals surface area contributed by atoms with Gasteiger partial charge in [0, 0.05) is 41.1 Å². The lowest BCUT2D eigenvalue weighted by molar-refractivity contribution is -0.116. The third-order valence-corrected chi connectivity index (χ3v) is 6.27. The van der Waals surface area contributed by atoms with Crippen molar-refractivity contribution in [3.8, 4) is 23.0 Å². The predicted octanol–water partition coefficient (Wildman–Crippen LogP) is 3.99. The van der Waals surface area contributed by atoms with Crippen LogP contribution in [0.1, 0.15) is 34.8 Å². The lowest BCUT2D eigenvalue weighted by Gasteiger charge is -2.22. The van der Waals surface area contributed by atoms with Crippen LogP contribution in [0.4, 0.5) is 5.69 Å².